The van der Waals surface area contributed by atoms with Gasteiger partial charge in [-0.1, -0.05) is 17.7 Å². The van der Waals surface area contributed by atoms with E-state index in [1.165, 1.54) is 11.3 Å². The number of amides is 2. The van der Waals surface area contributed by atoms with E-state index in [4.69, 9.17) is 11.6 Å². The molecular weight excluding hydrogens is 358 g/mol. The van der Waals surface area contributed by atoms with E-state index < -0.39 is 6.04 Å². The summed E-state index contributed by atoms with van der Waals surface area (Å²) in [5.74, 6) is -0.246. The third kappa shape index (κ3) is 3.80. The van der Waals surface area contributed by atoms with Gasteiger partial charge < -0.3 is 15.1 Å². The van der Waals surface area contributed by atoms with Crippen LogP contribution in [0.25, 0.3) is 0 Å². The predicted octanol–water partition coefficient (Wildman–Crippen LogP) is 3.71. The van der Waals surface area contributed by atoms with Crippen molar-refractivity contribution in [3.8, 4) is 0 Å². The molecule has 2 aromatic rings. The second kappa shape index (κ2) is 7.45. The minimum absolute atomic E-state index is 0.0753. The number of benzene rings is 1. The summed E-state index contributed by atoms with van der Waals surface area (Å²) in [4.78, 5) is 29.5. The monoisotopic (exact) mass is 377 g/mol. The van der Waals surface area contributed by atoms with Crippen molar-refractivity contribution in [3.05, 3.63) is 45.6 Å². The first-order valence-electron chi connectivity index (χ1n) is 8.09. The third-order valence-corrected chi connectivity index (χ3v) is 5.41. The van der Waals surface area contributed by atoms with Gasteiger partial charge in [0.05, 0.1) is 15.6 Å². The molecular formula is C18H20ClN3O2S. The van der Waals surface area contributed by atoms with Gasteiger partial charge in [0, 0.05) is 26.3 Å². The Morgan fingerprint density at radius 3 is 2.76 bits per heavy atom. The second-order valence-electron chi connectivity index (χ2n) is 6.18. The zero-order valence-corrected chi connectivity index (χ0v) is 15.7. The minimum atomic E-state index is -0.443. The number of nitrogens with one attached hydrogen (secondary N) is 1. The number of carbonyl (C=O) groups is 2. The lowest BCUT2D eigenvalue weighted by molar-refractivity contribution is -0.119. The van der Waals surface area contributed by atoms with Crippen LogP contribution in [0.1, 0.15) is 22.5 Å². The summed E-state index contributed by atoms with van der Waals surface area (Å²) in [5, 5.41) is 5.33. The molecule has 1 fully saturated rings. The van der Waals surface area contributed by atoms with Crippen molar-refractivity contribution >= 4 is 46.1 Å². The van der Waals surface area contributed by atoms with Gasteiger partial charge in [-0.25, -0.2) is 0 Å². The lowest BCUT2D eigenvalue weighted by Gasteiger charge is -2.23. The van der Waals surface area contributed by atoms with E-state index in [1.54, 1.807) is 17.0 Å². The Balaban J connectivity index is 1.72. The summed E-state index contributed by atoms with van der Waals surface area (Å²) < 4.78 is 0. The molecule has 0 spiro atoms. The van der Waals surface area contributed by atoms with Crippen LogP contribution in [0.2, 0.25) is 5.02 Å². The highest BCUT2D eigenvalue weighted by Crippen LogP contribution is 2.28. The first-order chi connectivity index (χ1) is 12.0. The van der Waals surface area contributed by atoms with Gasteiger partial charge in [0.15, 0.2) is 0 Å². The molecule has 5 nitrogen and oxygen atoms in total. The van der Waals surface area contributed by atoms with Gasteiger partial charge in [-0.2, -0.15) is 0 Å². The molecule has 25 heavy (non-hydrogen) atoms. The van der Waals surface area contributed by atoms with Gasteiger partial charge in [-0.05, 0) is 42.5 Å². The fourth-order valence-electron chi connectivity index (χ4n) is 3.00. The van der Waals surface area contributed by atoms with Gasteiger partial charge in [-0.3, -0.25) is 9.59 Å². The quantitative estimate of drug-likeness (QED) is 0.883. The summed E-state index contributed by atoms with van der Waals surface area (Å²) in [7, 11) is 3.82. The Bertz CT molecular complexity index is 777. The van der Waals surface area contributed by atoms with Crippen molar-refractivity contribution in [2.45, 2.75) is 18.9 Å². The van der Waals surface area contributed by atoms with Gasteiger partial charge in [0.1, 0.15) is 6.04 Å². The van der Waals surface area contributed by atoms with Gasteiger partial charge in [-0.15, -0.1) is 11.3 Å². The van der Waals surface area contributed by atoms with E-state index in [2.05, 4.69) is 5.32 Å². The molecule has 1 aliphatic rings. The van der Waals surface area contributed by atoms with E-state index in [9.17, 15) is 9.59 Å². The first kappa shape index (κ1) is 17.8. The Kier molecular flexibility index (Phi) is 5.30. The maximum Gasteiger partial charge on any atom is 0.264 e. The topological polar surface area (TPSA) is 52.7 Å². The van der Waals surface area contributed by atoms with Crippen molar-refractivity contribution in [2.24, 2.45) is 0 Å². The largest absolute Gasteiger partial charge is 0.376 e. The van der Waals surface area contributed by atoms with Crippen LogP contribution in [0.5, 0.6) is 0 Å². The molecule has 0 saturated carbocycles. The van der Waals surface area contributed by atoms with Crippen LogP contribution in [0.4, 0.5) is 11.4 Å². The molecule has 1 aliphatic heterocycles. The summed E-state index contributed by atoms with van der Waals surface area (Å²) in [6, 6.07) is 8.61. The van der Waals surface area contributed by atoms with Crippen LogP contribution in [0.3, 0.4) is 0 Å². The minimum Gasteiger partial charge on any atom is -0.376 e. The molecule has 2 heterocycles. The molecule has 0 aliphatic carbocycles. The molecule has 1 N–H and O–H groups in total. The number of carbonyl (C=O) groups excluding carboxylic acids is 2. The third-order valence-electron chi connectivity index (χ3n) is 4.25. The molecule has 1 atom stereocenters. The highest BCUT2D eigenvalue weighted by atomic mass is 35.5. The van der Waals surface area contributed by atoms with Gasteiger partial charge in [0.2, 0.25) is 5.91 Å². The standard InChI is InChI=1S/C18H20ClN3O2S/c1-21(2)14-8-7-12(11-13(14)19)20-17(23)15-5-3-9-22(15)18(24)16-6-4-10-25-16/h4,6-8,10-11,15H,3,5,9H2,1-2H3,(H,20,23)/t15-/m0/s1. The fourth-order valence-corrected chi connectivity index (χ4v) is 4.03. The van der Waals surface area contributed by atoms with Crippen LogP contribution in [0.15, 0.2) is 35.7 Å². The second-order valence-corrected chi connectivity index (χ2v) is 7.54. The van der Waals surface area contributed by atoms with E-state index in [0.29, 0.717) is 28.6 Å². The number of nitrogens with zero attached hydrogens (tertiary/aromatic N) is 2. The lowest BCUT2D eigenvalue weighted by Crippen LogP contribution is -2.42. The van der Waals surface area contributed by atoms with Crippen molar-refractivity contribution < 1.29 is 9.59 Å². The number of halogens is 1. The zero-order valence-electron chi connectivity index (χ0n) is 14.2. The molecule has 1 aromatic carbocycles. The Hall–Kier alpha value is -2.05. The average Bonchev–Trinajstić information content (AvgIpc) is 3.25. The summed E-state index contributed by atoms with van der Waals surface area (Å²) in [5.41, 5.74) is 1.52. The van der Waals surface area contributed by atoms with Crippen LogP contribution in [-0.4, -0.2) is 43.4 Å². The fraction of sp³-hybridized carbons (Fsp3) is 0.333. The molecule has 7 heteroatoms. The van der Waals surface area contributed by atoms with Crippen LogP contribution >= 0.6 is 22.9 Å². The van der Waals surface area contributed by atoms with Gasteiger partial charge >= 0.3 is 0 Å². The Labute approximate surface area is 156 Å². The van der Waals surface area contributed by atoms with Crippen molar-refractivity contribution in [3.63, 3.8) is 0 Å². The van der Waals surface area contributed by atoms with Crippen LogP contribution < -0.4 is 10.2 Å². The molecule has 0 radical (unpaired) electrons. The molecule has 132 valence electrons. The average molecular weight is 378 g/mol. The molecule has 1 saturated heterocycles. The lowest BCUT2D eigenvalue weighted by atomic mass is 10.2. The smallest absolute Gasteiger partial charge is 0.264 e. The number of hydrogen-bond donors (Lipinski definition) is 1. The van der Waals surface area contributed by atoms with Crippen molar-refractivity contribution in [1.29, 1.82) is 0 Å². The first-order valence-corrected chi connectivity index (χ1v) is 9.35. The summed E-state index contributed by atoms with van der Waals surface area (Å²) >= 11 is 7.65. The SMILES string of the molecule is CN(C)c1ccc(NC(=O)[C@@H]2CCCN2C(=O)c2cccs2)cc1Cl. The van der Waals surface area contributed by atoms with Gasteiger partial charge in [0.25, 0.3) is 5.91 Å². The van der Waals surface area contributed by atoms with E-state index in [1.807, 2.05) is 42.6 Å². The van der Waals surface area contributed by atoms with Crippen LogP contribution in [0, 0.1) is 0 Å². The van der Waals surface area contributed by atoms with Crippen LogP contribution in [-0.2, 0) is 4.79 Å². The number of likely N-dealkylation sites (tertiary alicyclic amines) is 1. The van der Waals surface area contributed by atoms with Crippen molar-refractivity contribution in [1.82, 2.24) is 4.90 Å². The molecule has 3 rings (SSSR count). The molecule has 0 unspecified atom stereocenters. The number of thiophene rings is 1. The summed E-state index contributed by atoms with van der Waals surface area (Å²) in [6.07, 6.45) is 1.50. The normalized spacial score (nSPS) is 16.8. The maximum absolute atomic E-state index is 12.7. The highest BCUT2D eigenvalue weighted by molar-refractivity contribution is 7.12. The predicted molar refractivity (Wildman–Crippen MR) is 103 cm³/mol. The number of rotatable bonds is 4. The molecule has 0 bridgehead atoms. The highest BCUT2D eigenvalue weighted by Gasteiger charge is 2.34. The Morgan fingerprint density at radius 2 is 2.12 bits per heavy atom. The summed E-state index contributed by atoms with van der Waals surface area (Å²) in [6.45, 7) is 0.606. The Morgan fingerprint density at radius 1 is 1.32 bits per heavy atom. The zero-order chi connectivity index (χ0) is 18.0. The maximum atomic E-state index is 12.7. The van der Waals surface area contributed by atoms with E-state index in [-0.39, 0.29) is 11.8 Å². The van der Waals surface area contributed by atoms with Crippen molar-refractivity contribution in [2.75, 3.05) is 30.9 Å². The molecule has 1 aromatic heterocycles. The van der Waals surface area contributed by atoms with E-state index >= 15 is 0 Å². The van der Waals surface area contributed by atoms with E-state index in [0.717, 1.165) is 12.1 Å². The number of hydrogen-bond acceptors (Lipinski definition) is 4. The number of anilines is 2. The molecule has 2 amide bonds.